The second-order valence-electron chi connectivity index (χ2n) is 5.03. The van der Waals surface area contributed by atoms with Crippen LogP contribution in [0.3, 0.4) is 0 Å². The van der Waals surface area contributed by atoms with Gasteiger partial charge in [0.15, 0.2) is 5.69 Å². The second kappa shape index (κ2) is 6.91. The topological polar surface area (TPSA) is 67.4 Å². The average Bonchev–Trinajstić information content (AvgIpc) is 3.00. The number of carbonyl (C=O) groups excluding carboxylic acids is 1. The number of esters is 1. The molecular formula is C17H13Br2N3O2. The number of alkyl halides is 2. The summed E-state index contributed by atoms with van der Waals surface area (Å²) in [6.45, 7) is 2.03. The molecule has 0 radical (unpaired) electrons. The van der Waals surface area contributed by atoms with E-state index in [1.807, 2.05) is 24.3 Å². The number of hydrogen-bond acceptors (Lipinski definition) is 4. The van der Waals surface area contributed by atoms with E-state index in [9.17, 15) is 10.1 Å². The Balaban J connectivity index is 2.55. The zero-order chi connectivity index (χ0) is 17.3. The number of fused-ring (bicyclic) bond motifs is 3. The van der Waals surface area contributed by atoms with Crippen molar-refractivity contribution in [3.63, 3.8) is 0 Å². The minimum atomic E-state index is -0.444. The number of benzene rings is 1. The number of ether oxygens (including phenoxy) is 1. The van der Waals surface area contributed by atoms with Gasteiger partial charge < -0.3 is 4.74 Å². The van der Waals surface area contributed by atoms with Crippen LogP contribution in [0.15, 0.2) is 24.3 Å². The Kier molecular flexibility index (Phi) is 4.88. The van der Waals surface area contributed by atoms with Crippen LogP contribution in [-0.4, -0.2) is 22.0 Å². The van der Waals surface area contributed by atoms with Crippen molar-refractivity contribution in [2.45, 2.75) is 17.6 Å². The number of aromatic nitrogens is 2. The smallest absolute Gasteiger partial charge is 0.357 e. The first kappa shape index (κ1) is 16.9. The van der Waals surface area contributed by atoms with E-state index < -0.39 is 5.97 Å². The Hall–Kier alpha value is -1.91. The first-order valence-corrected chi connectivity index (χ1v) is 9.56. The zero-order valence-corrected chi connectivity index (χ0v) is 16.0. The number of hydrogen-bond donors (Lipinski definition) is 0. The highest BCUT2D eigenvalue weighted by atomic mass is 79.9. The molecule has 24 heavy (non-hydrogen) atoms. The van der Waals surface area contributed by atoms with Gasteiger partial charge in [0.2, 0.25) is 0 Å². The van der Waals surface area contributed by atoms with Crippen molar-refractivity contribution in [3.05, 3.63) is 46.9 Å². The van der Waals surface area contributed by atoms with Crippen molar-refractivity contribution in [2.75, 3.05) is 6.61 Å². The summed E-state index contributed by atoms with van der Waals surface area (Å²) in [5.74, 6) is -0.444. The number of rotatable bonds is 4. The van der Waals surface area contributed by atoms with E-state index in [2.05, 4.69) is 42.9 Å². The molecule has 2 heterocycles. The van der Waals surface area contributed by atoms with Crippen molar-refractivity contribution in [1.29, 1.82) is 5.26 Å². The zero-order valence-electron chi connectivity index (χ0n) is 12.8. The highest BCUT2D eigenvalue weighted by Gasteiger charge is 2.25. The van der Waals surface area contributed by atoms with Crippen molar-refractivity contribution in [2.24, 2.45) is 0 Å². The van der Waals surface area contributed by atoms with Gasteiger partial charge in [0.25, 0.3) is 0 Å². The predicted octanol–water partition coefficient (Wildman–Crippen LogP) is 4.33. The summed E-state index contributed by atoms with van der Waals surface area (Å²) in [4.78, 5) is 17.1. The van der Waals surface area contributed by atoms with Crippen LogP contribution in [0.1, 0.15) is 34.4 Å². The van der Waals surface area contributed by atoms with Gasteiger partial charge in [-0.25, -0.2) is 9.78 Å². The van der Waals surface area contributed by atoms with Crippen LogP contribution in [0.2, 0.25) is 0 Å². The van der Waals surface area contributed by atoms with Gasteiger partial charge >= 0.3 is 5.97 Å². The van der Waals surface area contributed by atoms with Gasteiger partial charge in [-0.3, -0.25) is 4.40 Å². The Morgan fingerprint density at radius 2 is 2.00 bits per heavy atom. The molecular weight excluding hydrogens is 438 g/mol. The van der Waals surface area contributed by atoms with E-state index in [1.165, 1.54) is 0 Å². The molecule has 2 aromatic heterocycles. The molecule has 0 N–H and O–H groups in total. The normalized spacial score (nSPS) is 10.9. The molecule has 3 aromatic rings. The Morgan fingerprint density at radius 1 is 1.29 bits per heavy atom. The number of halogens is 2. The third-order valence-corrected chi connectivity index (χ3v) is 4.84. The van der Waals surface area contributed by atoms with Crippen LogP contribution in [-0.2, 0) is 15.4 Å². The summed E-state index contributed by atoms with van der Waals surface area (Å²) in [6.07, 6.45) is 0. The number of pyridine rings is 1. The quantitative estimate of drug-likeness (QED) is 0.438. The largest absolute Gasteiger partial charge is 0.461 e. The lowest BCUT2D eigenvalue weighted by molar-refractivity contribution is 0.0517. The molecule has 0 bridgehead atoms. The number of nitriles is 1. The molecule has 0 aliphatic heterocycles. The van der Waals surface area contributed by atoms with Gasteiger partial charge in [0.05, 0.1) is 23.6 Å². The fourth-order valence-electron chi connectivity index (χ4n) is 2.83. The van der Waals surface area contributed by atoms with Gasteiger partial charge in [-0.1, -0.05) is 56.1 Å². The lowest BCUT2D eigenvalue weighted by Crippen LogP contribution is -2.13. The molecule has 3 rings (SSSR count). The third-order valence-electron chi connectivity index (χ3n) is 3.78. The average molecular weight is 451 g/mol. The maximum Gasteiger partial charge on any atom is 0.357 e. The third kappa shape index (κ3) is 2.50. The first-order valence-electron chi connectivity index (χ1n) is 7.31. The predicted molar refractivity (Wildman–Crippen MR) is 98.6 cm³/mol. The maximum absolute atomic E-state index is 12.5. The van der Waals surface area contributed by atoms with Gasteiger partial charge in [0.1, 0.15) is 11.7 Å². The fraction of sp³-hybridized carbons (Fsp3) is 0.235. The van der Waals surface area contributed by atoms with Gasteiger partial charge in [0, 0.05) is 21.4 Å². The Labute approximate surface area is 155 Å². The molecule has 0 saturated carbocycles. The molecule has 0 atom stereocenters. The Morgan fingerprint density at radius 3 is 2.58 bits per heavy atom. The number of nitrogens with zero attached hydrogens (tertiary/aromatic N) is 3. The van der Waals surface area contributed by atoms with E-state index in [0.717, 1.165) is 10.8 Å². The van der Waals surface area contributed by atoms with Crippen LogP contribution in [0.4, 0.5) is 0 Å². The van der Waals surface area contributed by atoms with Crippen molar-refractivity contribution >= 4 is 54.2 Å². The molecule has 0 unspecified atom stereocenters. The summed E-state index contributed by atoms with van der Waals surface area (Å²) < 4.78 is 6.94. The molecule has 7 heteroatoms. The summed E-state index contributed by atoms with van der Waals surface area (Å²) >= 11 is 6.84. The summed E-state index contributed by atoms with van der Waals surface area (Å²) in [6, 6.07) is 9.85. The molecule has 0 amide bonds. The van der Waals surface area contributed by atoms with Crippen LogP contribution in [0, 0.1) is 11.3 Å². The summed E-state index contributed by atoms with van der Waals surface area (Å²) in [5.41, 5.74) is 2.82. The minimum Gasteiger partial charge on any atom is -0.461 e. The molecule has 0 spiro atoms. The van der Waals surface area contributed by atoms with Gasteiger partial charge in [-0.05, 0) is 6.92 Å². The number of imidazole rings is 1. The summed E-state index contributed by atoms with van der Waals surface area (Å²) in [5, 5.41) is 12.2. The van der Waals surface area contributed by atoms with E-state index in [1.54, 1.807) is 11.3 Å². The highest BCUT2D eigenvalue weighted by Crippen LogP contribution is 2.31. The molecule has 1 aromatic carbocycles. The van der Waals surface area contributed by atoms with Crippen LogP contribution in [0.5, 0.6) is 0 Å². The molecule has 5 nitrogen and oxygen atoms in total. The SMILES string of the molecule is CCOC(=O)c1c(CBr)nc2c3ccccc3c(C#N)c(CBr)n12. The monoisotopic (exact) mass is 449 g/mol. The molecule has 0 aliphatic carbocycles. The summed E-state index contributed by atoms with van der Waals surface area (Å²) in [7, 11) is 0. The Bertz CT molecular complexity index is 989. The lowest BCUT2D eigenvalue weighted by atomic mass is 10.0. The lowest BCUT2D eigenvalue weighted by Gasteiger charge is -2.12. The van der Waals surface area contributed by atoms with Crippen LogP contribution >= 0.6 is 31.9 Å². The highest BCUT2D eigenvalue weighted by molar-refractivity contribution is 9.08. The first-order chi connectivity index (χ1) is 11.7. The maximum atomic E-state index is 12.5. The van der Waals surface area contributed by atoms with E-state index in [4.69, 9.17) is 4.74 Å². The number of carbonyl (C=O) groups is 1. The van der Waals surface area contributed by atoms with Crippen molar-refractivity contribution in [1.82, 2.24) is 9.38 Å². The van der Waals surface area contributed by atoms with E-state index in [0.29, 0.717) is 39.0 Å². The molecule has 0 aliphatic rings. The van der Waals surface area contributed by atoms with Crippen LogP contribution in [0.25, 0.3) is 16.4 Å². The van der Waals surface area contributed by atoms with Crippen molar-refractivity contribution in [3.8, 4) is 6.07 Å². The van der Waals surface area contributed by atoms with E-state index in [-0.39, 0.29) is 6.61 Å². The van der Waals surface area contributed by atoms with Crippen molar-refractivity contribution < 1.29 is 9.53 Å². The molecule has 0 fully saturated rings. The van der Waals surface area contributed by atoms with Gasteiger partial charge in [-0.2, -0.15) is 5.26 Å². The van der Waals surface area contributed by atoms with E-state index >= 15 is 0 Å². The fourth-order valence-corrected chi connectivity index (χ4v) is 3.75. The molecule has 0 saturated heterocycles. The van der Waals surface area contributed by atoms with Crippen LogP contribution < -0.4 is 0 Å². The minimum absolute atomic E-state index is 0.274. The second-order valence-corrected chi connectivity index (χ2v) is 6.15. The molecule has 122 valence electrons. The van der Waals surface area contributed by atoms with Gasteiger partial charge in [-0.15, -0.1) is 0 Å². The standard InChI is InChI=1S/C17H13Br2N3O2/c1-2-24-17(23)15-13(7-18)21-16-11-6-4-3-5-10(11)12(9-20)14(8-19)22(15)16/h3-6H,2,7-8H2,1H3.